The van der Waals surface area contributed by atoms with Crippen molar-refractivity contribution in [3.63, 3.8) is 0 Å². The van der Waals surface area contributed by atoms with Crippen LogP contribution in [0.3, 0.4) is 0 Å². The van der Waals surface area contributed by atoms with Crippen LogP contribution in [-0.4, -0.2) is 11.6 Å². The lowest BCUT2D eigenvalue weighted by molar-refractivity contribution is -0.118. The van der Waals surface area contributed by atoms with Crippen molar-refractivity contribution in [2.45, 2.75) is 33.1 Å². The van der Waals surface area contributed by atoms with E-state index in [0.717, 1.165) is 11.3 Å². The molecular formula is C11H14O2S. The first kappa shape index (κ1) is 11.1. The van der Waals surface area contributed by atoms with E-state index in [-0.39, 0.29) is 18.0 Å². The first-order chi connectivity index (χ1) is 6.63. The number of ketones is 2. The molecule has 0 bridgehead atoms. The molecule has 0 radical (unpaired) electrons. The molecular weight excluding hydrogens is 196 g/mol. The van der Waals surface area contributed by atoms with Gasteiger partial charge in [-0.25, -0.2) is 0 Å². The van der Waals surface area contributed by atoms with Gasteiger partial charge >= 0.3 is 0 Å². The summed E-state index contributed by atoms with van der Waals surface area (Å²) >= 11 is 1.54. The molecule has 0 saturated carbocycles. The van der Waals surface area contributed by atoms with Crippen LogP contribution in [0, 0.1) is 6.92 Å². The standard InChI is InChI=1S/C11H14O2S/c1-3-4-10(12)6-11(13)9-5-8(2)14-7-9/h5,7H,3-4,6H2,1-2H3. The average Bonchev–Trinajstić information content (AvgIpc) is 2.52. The van der Waals surface area contributed by atoms with Gasteiger partial charge in [0.1, 0.15) is 5.78 Å². The number of rotatable bonds is 5. The Hall–Kier alpha value is -0.960. The van der Waals surface area contributed by atoms with Crippen molar-refractivity contribution >= 4 is 22.9 Å². The fraction of sp³-hybridized carbons (Fsp3) is 0.455. The van der Waals surface area contributed by atoms with Gasteiger partial charge in [-0.05, 0) is 19.4 Å². The predicted octanol–water partition coefficient (Wildman–Crippen LogP) is 3.00. The monoisotopic (exact) mass is 210 g/mol. The van der Waals surface area contributed by atoms with E-state index in [0.29, 0.717) is 12.0 Å². The van der Waals surface area contributed by atoms with Crippen molar-refractivity contribution in [3.8, 4) is 0 Å². The summed E-state index contributed by atoms with van der Waals surface area (Å²) in [5, 5.41) is 1.82. The molecule has 0 aromatic carbocycles. The lowest BCUT2D eigenvalue weighted by Crippen LogP contribution is -2.06. The van der Waals surface area contributed by atoms with E-state index in [1.54, 1.807) is 11.3 Å². The second kappa shape index (κ2) is 5.05. The molecule has 1 rings (SSSR count). The first-order valence-corrected chi connectivity index (χ1v) is 5.61. The van der Waals surface area contributed by atoms with Crippen molar-refractivity contribution in [2.24, 2.45) is 0 Å². The Labute approximate surface area is 87.9 Å². The highest BCUT2D eigenvalue weighted by Crippen LogP contribution is 2.15. The molecule has 0 atom stereocenters. The Morgan fingerprint density at radius 2 is 2.14 bits per heavy atom. The first-order valence-electron chi connectivity index (χ1n) is 4.73. The summed E-state index contributed by atoms with van der Waals surface area (Å²) in [6.45, 7) is 3.90. The van der Waals surface area contributed by atoms with E-state index in [1.807, 2.05) is 25.3 Å². The van der Waals surface area contributed by atoms with Gasteiger partial charge in [0.25, 0.3) is 0 Å². The lowest BCUT2D eigenvalue weighted by atomic mass is 10.1. The topological polar surface area (TPSA) is 34.1 Å². The zero-order valence-corrected chi connectivity index (χ0v) is 9.32. The zero-order valence-electron chi connectivity index (χ0n) is 8.50. The van der Waals surface area contributed by atoms with Crippen molar-refractivity contribution < 1.29 is 9.59 Å². The van der Waals surface area contributed by atoms with E-state index in [4.69, 9.17) is 0 Å². The van der Waals surface area contributed by atoms with Gasteiger partial charge in [-0.2, -0.15) is 0 Å². The van der Waals surface area contributed by atoms with Crippen LogP contribution in [0.5, 0.6) is 0 Å². The Balaban J connectivity index is 2.55. The molecule has 0 spiro atoms. The van der Waals surface area contributed by atoms with E-state index in [1.165, 1.54) is 0 Å². The van der Waals surface area contributed by atoms with Crippen LogP contribution in [0.25, 0.3) is 0 Å². The summed E-state index contributed by atoms with van der Waals surface area (Å²) in [5.41, 5.74) is 0.678. The highest BCUT2D eigenvalue weighted by molar-refractivity contribution is 7.10. The summed E-state index contributed by atoms with van der Waals surface area (Å²) in [5.74, 6) is -0.00541. The van der Waals surface area contributed by atoms with Crippen LogP contribution in [-0.2, 0) is 4.79 Å². The lowest BCUT2D eigenvalue weighted by Gasteiger charge is -1.96. The number of aryl methyl sites for hydroxylation is 1. The summed E-state index contributed by atoms with van der Waals surface area (Å²) < 4.78 is 0. The largest absolute Gasteiger partial charge is 0.299 e. The van der Waals surface area contributed by atoms with Crippen LogP contribution >= 0.6 is 11.3 Å². The smallest absolute Gasteiger partial charge is 0.171 e. The molecule has 0 fully saturated rings. The molecule has 0 aliphatic rings. The number of carbonyl (C=O) groups excluding carboxylic acids is 2. The van der Waals surface area contributed by atoms with Crippen LogP contribution in [0.15, 0.2) is 11.4 Å². The SMILES string of the molecule is CCCC(=O)CC(=O)c1csc(C)c1. The second-order valence-electron chi connectivity index (χ2n) is 3.33. The third kappa shape index (κ3) is 3.07. The van der Waals surface area contributed by atoms with Gasteiger partial charge in [0.2, 0.25) is 0 Å². The molecule has 0 N–H and O–H groups in total. The number of thiophene rings is 1. The molecule has 76 valence electrons. The molecule has 0 unspecified atom stereocenters. The number of carbonyl (C=O) groups is 2. The van der Waals surface area contributed by atoms with Crippen molar-refractivity contribution in [2.75, 3.05) is 0 Å². The molecule has 1 heterocycles. The third-order valence-electron chi connectivity index (χ3n) is 1.94. The predicted molar refractivity (Wildman–Crippen MR) is 57.9 cm³/mol. The molecule has 0 aliphatic carbocycles. The van der Waals surface area contributed by atoms with Gasteiger partial charge in [0, 0.05) is 22.2 Å². The number of hydrogen-bond donors (Lipinski definition) is 0. The summed E-state index contributed by atoms with van der Waals surface area (Å²) in [6, 6.07) is 1.84. The highest BCUT2D eigenvalue weighted by atomic mass is 32.1. The maximum Gasteiger partial charge on any atom is 0.171 e. The molecule has 14 heavy (non-hydrogen) atoms. The van der Waals surface area contributed by atoms with Crippen molar-refractivity contribution in [1.82, 2.24) is 0 Å². The van der Waals surface area contributed by atoms with Crippen molar-refractivity contribution in [1.29, 1.82) is 0 Å². The molecule has 3 heteroatoms. The molecule has 0 aliphatic heterocycles. The minimum Gasteiger partial charge on any atom is -0.299 e. The maximum absolute atomic E-state index is 11.5. The van der Waals surface area contributed by atoms with Gasteiger partial charge < -0.3 is 0 Å². The minimum absolute atomic E-state index is 0.0429. The fourth-order valence-electron chi connectivity index (χ4n) is 1.24. The second-order valence-corrected chi connectivity index (χ2v) is 4.45. The van der Waals surface area contributed by atoms with Gasteiger partial charge in [-0.1, -0.05) is 6.92 Å². The quantitative estimate of drug-likeness (QED) is 0.553. The highest BCUT2D eigenvalue weighted by Gasteiger charge is 2.11. The van der Waals surface area contributed by atoms with Gasteiger partial charge in [0.05, 0.1) is 6.42 Å². The Morgan fingerprint density at radius 3 is 2.64 bits per heavy atom. The van der Waals surface area contributed by atoms with Crippen LogP contribution in [0.4, 0.5) is 0 Å². The van der Waals surface area contributed by atoms with Gasteiger partial charge in [0.15, 0.2) is 5.78 Å². The van der Waals surface area contributed by atoms with E-state index in [2.05, 4.69) is 0 Å². The molecule has 1 aromatic rings. The normalized spacial score (nSPS) is 10.1. The van der Waals surface area contributed by atoms with Gasteiger partial charge in [-0.3, -0.25) is 9.59 Å². The van der Waals surface area contributed by atoms with Crippen molar-refractivity contribution in [3.05, 3.63) is 21.9 Å². The molecule has 0 saturated heterocycles. The van der Waals surface area contributed by atoms with Gasteiger partial charge in [-0.15, -0.1) is 11.3 Å². The number of Topliss-reactive ketones (excluding diaryl/α,β-unsaturated/α-hetero) is 2. The zero-order chi connectivity index (χ0) is 10.6. The van der Waals surface area contributed by atoms with Crippen LogP contribution in [0.2, 0.25) is 0 Å². The minimum atomic E-state index is -0.0483. The number of hydrogen-bond acceptors (Lipinski definition) is 3. The summed E-state index contributed by atoms with van der Waals surface area (Å²) in [4.78, 5) is 23.9. The van der Waals surface area contributed by atoms with Crippen LogP contribution < -0.4 is 0 Å². The Morgan fingerprint density at radius 1 is 1.43 bits per heavy atom. The average molecular weight is 210 g/mol. The van der Waals surface area contributed by atoms with E-state index >= 15 is 0 Å². The van der Waals surface area contributed by atoms with Crippen LogP contribution in [0.1, 0.15) is 41.4 Å². The summed E-state index contributed by atoms with van der Waals surface area (Å²) in [6.07, 6.45) is 1.38. The van der Waals surface area contributed by atoms with E-state index in [9.17, 15) is 9.59 Å². The van der Waals surface area contributed by atoms with E-state index < -0.39 is 0 Å². The summed E-state index contributed by atoms with van der Waals surface area (Å²) in [7, 11) is 0. The Bertz CT molecular complexity index is 339. The fourth-order valence-corrected chi connectivity index (χ4v) is 1.95. The maximum atomic E-state index is 11.5. The Kier molecular flexibility index (Phi) is 4.01. The molecule has 1 aromatic heterocycles. The third-order valence-corrected chi connectivity index (χ3v) is 2.80. The molecule has 2 nitrogen and oxygen atoms in total. The molecule has 0 amide bonds.